The number of aliphatic carboxylic acids is 2. The Morgan fingerprint density at radius 3 is 2.16 bits per heavy atom. The van der Waals surface area contributed by atoms with E-state index in [0.29, 0.717) is 5.69 Å². The molecule has 0 saturated heterocycles. The standard InChI is InChI=1S/C10H13N3O5S/c1-5(2)8-9(19-12-11-8)10(18)13(3-6(14)15)4-7(16)17/h5H,3-4H2,1-2H3,(H,14,15)(H,16,17). The Labute approximate surface area is 112 Å². The van der Waals surface area contributed by atoms with E-state index < -0.39 is 30.9 Å². The molecule has 9 heteroatoms. The second-order valence-corrected chi connectivity index (χ2v) is 4.84. The lowest BCUT2D eigenvalue weighted by Gasteiger charge is -2.18. The Bertz CT molecular complexity index is 483. The van der Waals surface area contributed by atoms with Gasteiger partial charge in [0, 0.05) is 0 Å². The molecule has 0 aliphatic carbocycles. The molecule has 1 aromatic heterocycles. The van der Waals surface area contributed by atoms with E-state index in [0.717, 1.165) is 16.4 Å². The molecule has 0 saturated carbocycles. The fourth-order valence-electron chi connectivity index (χ4n) is 1.39. The molecule has 1 aromatic rings. The smallest absolute Gasteiger partial charge is 0.323 e. The monoisotopic (exact) mass is 287 g/mol. The minimum Gasteiger partial charge on any atom is -0.480 e. The Kier molecular flexibility index (Phi) is 4.93. The lowest BCUT2D eigenvalue weighted by atomic mass is 10.1. The number of nitrogens with zero attached hydrogens (tertiary/aromatic N) is 3. The van der Waals surface area contributed by atoms with E-state index in [2.05, 4.69) is 9.59 Å². The molecule has 1 heterocycles. The van der Waals surface area contributed by atoms with E-state index >= 15 is 0 Å². The summed E-state index contributed by atoms with van der Waals surface area (Å²) < 4.78 is 3.65. The van der Waals surface area contributed by atoms with Crippen LogP contribution in [0.2, 0.25) is 0 Å². The van der Waals surface area contributed by atoms with Gasteiger partial charge in [0.1, 0.15) is 18.0 Å². The Morgan fingerprint density at radius 1 is 1.21 bits per heavy atom. The summed E-state index contributed by atoms with van der Waals surface area (Å²) in [6.07, 6.45) is 0. The van der Waals surface area contributed by atoms with Gasteiger partial charge in [0.25, 0.3) is 5.91 Å². The number of carboxylic acids is 2. The summed E-state index contributed by atoms with van der Waals surface area (Å²) in [7, 11) is 0. The second kappa shape index (κ2) is 6.23. The average Bonchev–Trinajstić information content (AvgIpc) is 2.74. The highest BCUT2D eigenvalue weighted by Crippen LogP contribution is 2.21. The van der Waals surface area contributed by atoms with Crippen LogP contribution in [0.1, 0.15) is 35.1 Å². The third-order valence-electron chi connectivity index (χ3n) is 2.19. The maximum atomic E-state index is 12.1. The van der Waals surface area contributed by atoms with Gasteiger partial charge in [-0.2, -0.15) is 0 Å². The first-order valence-corrected chi connectivity index (χ1v) is 6.15. The Balaban J connectivity index is 3.01. The van der Waals surface area contributed by atoms with Crippen LogP contribution < -0.4 is 0 Å². The van der Waals surface area contributed by atoms with Crippen molar-refractivity contribution in [3.63, 3.8) is 0 Å². The fraction of sp³-hybridized carbons (Fsp3) is 0.500. The van der Waals surface area contributed by atoms with Crippen molar-refractivity contribution >= 4 is 29.4 Å². The van der Waals surface area contributed by atoms with E-state index in [1.807, 2.05) is 13.8 Å². The van der Waals surface area contributed by atoms with E-state index in [9.17, 15) is 14.4 Å². The van der Waals surface area contributed by atoms with Gasteiger partial charge in [-0.3, -0.25) is 14.4 Å². The van der Waals surface area contributed by atoms with Gasteiger partial charge in [-0.05, 0) is 17.5 Å². The highest BCUT2D eigenvalue weighted by atomic mass is 32.1. The molecule has 8 nitrogen and oxygen atoms in total. The van der Waals surface area contributed by atoms with Crippen LogP contribution in [-0.4, -0.2) is 55.6 Å². The van der Waals surface area contributed by atoms with Gasteiger partial charge >= 0.3 is 11.9 Å². The molecule has 0 atom stereocenters. The van der Waals surface area contributed by atoms with Crippen molar-refractivity contribution in [3.05, 3.63) is 10.6 Å². The second-order valence-electron chi connectivity index (χ2n) is 4.09. The first-order chi connectivity index (χ1) is 8.82. The van der Waals surface area contributed by atoms with Crippen LogP contribution in [0.4, 0.5) is 0 Å². The predicted molar refractivity (Wildman–Crippen MR) is 65.2 cm³/mol. The molecule has 0 radical (unpaired) electrons. The number of carbonyl (C=O) groups is 3. The molecule has 0 aromatic carbocycles. The highest BCUT2D eigenvalue weighted by molar-refractivity contribution is 7.08. The van der Waals surface area contributed by atoms with Crippen LogP contribution in [0.25, 0.3) is 0 Å². The van der Waals surface area contributed by atoms with Gasteiger partial charge in [-0.15, -0.1) is 5.10 Å². The van der Waals surface area contributed by atoms with Gasteiger partial charge in [0.05, 0.1) is 5.69 Å². The lowest BCUT2D eigenvalue weighted by molar-refractivity contribution is -0.140. The number of carbonyl (C=O) groups excluding carboxylic acids is 1. The zero-order valence-electron chi connectivity index (χ0n) is 10.4. The van der Waals surface area contributed by atoms with Gasteiger partial charge in [-0.1, -0.05) is 18.3 Å². The molecule has 0 aliphatic heterocycles. The number of aromatic nitrogens is 2. The zero-order valence-corrected chi connectivity index (χ0v) is 11.2. The molecule has 2 N–H and O–H groups in total. The third kappa shape index (κ3) is 3.98. The molecule has 19 heavy (non-hydrogen) atoms. The summed E-state index contributed by atoms with van der Waals surface area (Å²) in [5.74, 6) is -3.30. The number of rotatable bonds is 6. The fourth-order valence-corrected chi connectivity index (χ4v) is 2.18. The quantitative estimate of drug-likeness (QED) is 0.770. The first-order valence-electron chi connectivity index (χ1n) is 5.38. The number of hydrogen-bond acceptors (Lipinski definition) is 6. The van der Waals surface area contributed by atoms with Crippen molar-refractivity contribution in [1.82, 2.24) is 14.5 Å². The van der Waals surface area contributed by atoms with Crippen molar-refractivity contribution in [2.24, 2.45) is 0 Å². The van der Waals surface area contributed by atoms with E-state index in [1.165, 1.54) is 0 Å². The van der Waals surface area contributed by atoms with Gasteiger partial charge in [0.2, 0.25) is 0 Å². The third-order valence-corrected chi connectivity index (χ3v) is 2.92. The van der Waals surface area contributed by atoms with Crippen molar-refractivity contribution in [3.8, 4) is 0 Å². The molecule has 1 amide bonds. The summed E-state index contributed by atoms with van der Waals surface area (Å²) in [5, 5.41) is 21.2. The van der Waals surface area contributed by atoms with Crippen LogP contribution in [-0.2, 0) is 9.59 Å². The summed E-state index contributed by atoms with van der Waals surface area (Å²) in [6.45, 7) is 2.26. The zero-order chi connectivity index (χ0) is 14.6. The van der Waals surface area contributed by atoms with Crippen molar-refractivity contribution in [1.29, 1.82) is 0 Å². The average molecular weight is 287 g/mol. The Hall–Kier alpha value is -2.03. The summed E-state index contributed by atoms with van der Waals surface area (Å²) in [6, 6.07) is 0. The van der Waals surface area contributed by atoms with Crippen LogP contribution in [0.5, 0.6) is 0 Å². The molecule has 0 fully saturated rings. The number of carboxylic acid groups (broad SMARTS) is 2. The highest BCUT2D eigenvalue weighted by Gasteiger charge is 2.26. The molecule has 0 aliphatic rings. The van der Waals surface area contributed by atoms with Crippen molar-refractivity contribution in [2.75, 3.05) is 13.1 Å². The molecule has 0 bridgehead atoms. The molecular formula is C10H13N3O5S. The lowest BCUT2D eigenvalue weighted by Crippen LogP contribution is -2.39. The number of hydrogen-bond donors (Lipinski definition) is 2. The summed E-state index contributed by atoms with van der Waals surface area (Å²) in [4.78, 5) is 34.4. The minimum absolute atomic E-state index is 0.0609. The summed E-state index contributed by atoms with van der Waals surface area (Å²) >= 11 is 0.830. The molecular weight excluding hydrogens is 274 g/mol. The first kappa shape index (κ1) is 15.0. The van der Waals surface area contributed by atoms with Crippen LogP contribution in [0, 0.1) is 0 Å². The van der Waals surface area contributed by atoms with E-state index in [1.54, 1.807) is 0 Å². The number of amides is 1. The molecule has 0 unspecified atom stereocenters. The van der Waals surface area contributed by atoms with Crippen LogP contribution in [0.3, 0.4) is 0 Å². The normalized spacial score (nSPS) is 10.5. The maximum Gasteiger partial charge on any atom is 0.323 e. The Morgan fingerprint density at radius 2 is 1.74 bits per heavy atom. The van der Waals surface area contributed by atoms with Crippen LogP contribution >= 0.6 is 11.5 Å². The van der Waals surface area contributed by atoms with Crippen LogP contribution in [0.15, 0.2) is 0 Å². The van der Waals surface area contributed by atoms with Gasteiger partial charge < -0.3 is 15.1 Å². The SMILES string of the molecule is CC(C)c1nnsc1C(=O)N(CC(=O)O)CC(=O)O. The topological polar surface area (TPSA) is 121 Å². The largest absolute Gasteiger partial charge is 0.480 e. The minimum atomic E-state index is -1.28. The van der Waals surface area contributed by atoms with E-state index in [4.69, 9.17) is 10.2 Å². The maximum absolute atomic E-state index is 12.1. The van der Waals surface area contributed by atoms with E-state index in [-0.39, 0.29) is 10.8 Å². The van der Waals surface area contributed by atoms with Crippen molar-refractivity contribution in [2.45, 2.75) is 19.8 Å². The van der Waals surface area contributed by atoms with Gasteiger partial charge in [-0.25, -0.2) is 0 Å². The molecule has 104 valence electrons. The van der Waals surface area contributed by atoms with Crippen molar-refractivity contribution < 1.29 is 24.6 Å². The molecule has 1 rings (SSSR count). The molecule has 0 spiro atoms. The summed E-state index contributed by atoms with van der Waals surface area (Å²) in [5.41, 5.74) is 0.441. The van der Waals surface area contributed by atoms with Gasteiger partial charge in [0.15, 0.2) is 0 Å². The predicted octanol–water partition coefficient (Wildman–Crippen LogP) is 0.273.